The van der Waals surface area contributed by atoms with Crippen LogP contribution < -0.4 is 10.1 Å². The van der Waals surface area contributed by atoms with Crippen LogP contribution in [-0.4, -0.2) is 44.1 Å². The average Bonchev–Trinajstić information content (AvgIpc) is 2.51. The Kier molecular flexibility index (Phi) is 6.25. The zero-order valence-electron chi connectivity index (χ0n) is 14.0. The van der Waals surface area contributed by atoms with Gasteiger partial charge in [0.2, 0.25) is 0 Å². The average molecular weight is 304 g/mol. The summed E-state index contributed by atoms with van der Waals surface area (Å²) in [5.41, 5.74) is 1.68. The predicted molar refractivity (Wildman–Crippen MR) is 89.5 cm³/mol. The topological polar surface area (TPSA) is 41.6 Å². The van der Waals surface area contributed by atoms with Crippen LogP contribution in [0, 0.1) is 12.8 Å². The molecule has 122 valence electrons. The summed E-state index contributed by atoms with van der Waals surface area (Å²) in [4.78, 5) is 14.6. The number of carbonyl (C=O) groups excluding carboxylic acids is 1. The number of carbonyl (C=O) groups is 1. The minimum Gasteiger partial charge on any atom is -0.496 e. The molecule has 0 spiro atoms. The van der Waals surface area contributed by atoms with E-state index in [1.54, 1.807) is 7.11 Å². The van der Waals surface area contributed by atoms with Crippen molar-refractivity contribution in [1.82, 2.24) is 10.2 Å². The Morgan fingerprint density at radius 1 is 1.45 bits per heavy atom. The van der Waals surface area contributed by atoms with Gasteiger partial charge in [0.1, 0.15) is 5.75 Å². The highest BCUT2D eigenvalue weighted by atomic mass is 16.5. The summed E-state index contributed by atoms with van der Waals surface area (Å²) in [5, 5.41) is 3.01. The van der Waals surface area contributed by atoms with Crippen LogP contribution in [0.1, 0.15) is 42.1 Å². The van der Waals surface area contributed by atoms with E-state index >= 15 is 0 Å². The second-order valence-corrected chi connectivity index (χ2v) is 6.34. The maximum Gasteiger partial charge on any atom is 0.251 e. The first kappa shape index (κ1) is 16.8. The SMILES string of the molecule is COc1ccc(C(=O)NCCCN2CCC[C@H](C)C2)cc1C. The number of rotatable bonds is 6. The third-order valence-corrected chi connectivity index (χ3v) is 4.33. The first-order valence-electron chi connectivity index (χ1n) is 8.25. The number of ether oxygens (including phenoxy) is 1. The third kappa shape index (κ3) is 4.73. The smallest absolute Gasteiger partial charge is 0.251 e. The van der Waals surface area contributed by atoms with Crippen molar-refractivity contribution < 1.29 is 9.53 Å². The van der Waals surface area contributed by atoms with E-state index in [4.69, 9.17) is 4.74 Å². The van der Waals surface area contributed by atoms with Crippen molar-refractivity contribution in [3.05, 3.63) is 29.3 Å². The second-order valence-electron chi connectivity index (χ2n) is 6.34. The number of hydrogen-bond acceptors (Lipinski definition) is 3. The molecule has 1 atom stereocenters. The van der Waals surface area contributed by atoms with Crippen LogP contribution in [0.4, 0.5) is 0 Å². The lowest BCUT2D eigenvalue weighted by Gasteiger charge is -2.30. The van der Waals surface area contributed by atoms with Gasteiger partial charge < -0.3 is 15.0 Å². The van der Waals surface area contributed by atoms with E-state index in [1.165, 1.54) is 25.9 Å². The van der Waals surface area contributed by atoms with Crippen LogP contribution >= 0.6 is 0 Å². The zero-order valence-corrected chi connectivity index (χ0v) is 14.0. The van der Waals surface area contributed by atoms with Crippen molar-refractivity contribution in [2.24, 2.45) is 5.92 Å². The van der Waals surface area contributed by atoms with Crippen molar-refractivity contribution in [2.75, 3.05) is 33.3 Å². The van der Waals surface area contributed by atoms with Crippen LogP contribution in [0.5, 0.6) is 5.75 Å². The molecule has 2 rings (SSSR count). The highest BCUT2D eigenvalue weighted by molar-refractivity contribution is 5.94. The summed E-state index contributed by atoms with van der Waals surface area (Å²) >= 11 is 0. The molecule has 1 amide bonds. The summed E-state index contributed by atoms with van der Waals surface area (Å²) in [6, 6.07) is 5.54. The molecule has 1 aliphatic heterocycles. The van der Waals surface area contributed by atoms with E-state index in [-0.39, 0.29) is 5.91 Å². The van der Waals surface area contributed by atoms with Crippen molar-refractivity contribution >= 4 is 5.91 Å². The number of methoxy groups -OCH3 is 1. The molecular formula is C18H28N2O2. The Balaban J connectivity index is 1.72. The molecule has 0 aliphatic carbocycles. The second kappa shape index (κ2) is 8.18. The van der Waals surface area contributed by atoms with Crippen molar-refractivity contribution in [3.8, 4) is 5.75 Å². The van der Waals surface area contributed by atoms with Gasteiger partial charge in [0.25, 0.3) is 5.91 Å². The molecule has 4 nitrogen and oxygen atoms in total. The van der Waals surface area contributed by atoms with Gasteiger partial charge in [-0.2, -0.15) is 0 Å². The van der Waals surface area contributed by atoms with Crippen LogP contribution in [0.15, 0.2) is 18.2 Å². The first-order valence-corrected chi connectivity index (χ1v) is 8.25. The molecule has 1 heterocycles. The van der Waals surface area contributed by atoms with Gasteiger partial charge in [-0.25, -0.2) is 0 Å². The van der Waals surface area contributed by atoms with E-state index in [2.05, 4.69) is 17.1 Å². The number of nitrogens with zero attached hydrogens (tertiary/aromatic N) is 1. The van der Waals surface area contributed by atoms with Crippen LogP contribution in [0.25, 0.3) is 0 Å². The molecule has 1 fully saturated rings. The van der Waals surface area contributed by atoms with Crippen molar-refractivity contribution in [1.29, 1.82) is 0 Å². The number of nitrogens with one attached hydrogen (secondary N) is 1. The molecule has 1 aromatic rings. The summed E-state index contributed by atoms with van der Waals surface area (Å²) < 4.78 is 5.22. The molecule has 1 aromatic carbocycles. The summed E-state index contributed by atoms with van der Waals surface area (Å²) in [6.07, 6.45) is 3.66. The number of hydrogen-bond donors (Lipinski definition) is 1. The van der Waals surface area contributed by atoms with E-state index in [9.17, 15) is 4.79 Å². The maximum atomic E-state index is 12.1. The Hall–Kier alpha value is -1.55. The van der Waals surface area contributed by atoms with E-state index in [0.29, 0.717) is 5.56 Å². The molecule has 1 N–H and O–H groups in total. The van der Waals surface area contributed by atoms with Crippen LogP contribution in [-0.2, 0) is 0 Å². The van der Waals surface area contributed by atoms with Crippen molar-refractivity contribution in [2.45, 2.75) is 33.1 Å². The number of likely N-dealkylation sites (tertiary alicyclic amines) is 1. The Morgan fingerprint density at radius 3 is 2.95 bits per heavy atom. The highest BCUT2D eigenvalue weighted by Crippen LogP contribution is 2.18. The zero-order chi connectivity index (χ0) is 15.9. The van der Waals surface area contributed by atoms with E-state index in [1.807, 2.05) is 25.1 Å². The first-order chi connectivity index (χ1) is 10.6. The predicted octanol–water partition coefficient (Wildman–Crippen LogP) is 2.86. The minimum atomic E-state index is -0.00207. The fraction of sp³-hybridized carbons (Fsp3) is 0.611. The number of piperidine rings is 1. The third-order valence-electron chi connectivity index (χ3n) is 4.33. The Bertz CT molecular complexity index is 502. The molecule has 0 saturated carbocycles. The van der Waals surface area contributed by atoms with Crippen LogP contribution in [0.2, 0.25) is 0 Å². The lowest BCUT2D eigenvalue weighted by molar-refractivity contribution is 0.0950. The lowest BCUT2D eigenvalue weighted by Crippen LogP contribution is -2.36. The standard InChI is InChI=1S/C18H28N2O2/c1-14-6-4-10-20(13-14)11-5-9-19-18(21)16-7-8-17(22-3)15(2)12-16/h7-8,12,14H,4-6,9-11,13H2,1-3H3,(H,19,21)/t14-/m0/s1. The number of amides is 1. The Labute approximate surface area is 133 Å². The van der Waals surface area contributed by atoms with Gasteiger partial charge >= 0.3 is 0 Å². The quantitative estimate of drug-likeness (QED) is 0.822. The fourth-order valence-electron chi connectivity index (χ4n) is 3.12. The number of aryl methyl sites for hydroxylation is 1. The normalized spacial score (nSPS) is 19.0. The highest BCUT2D eigenvalue weighted by Gasteiger charge is 2.15. The lowest BCUT2D eigenvalue weighted by atomic mass is 10.0. The molecule has 0 unspecified atom stereocenters. The number of benzene rings is 1. The largest absolute Gasteiger partial charge is 0.496 e. The van der Waals surface area contributed by atoms with Gasteiger partial charge in [-0.15, -0.1) is 0 Å². The van der Waals surface area contributed by atoms with E-state index in [0.717, 1.165) is 36.7 Å². The van der Waals surface area contributed by atoms with Gasteiger partial charge in [0.15, 0.2) is 0 Å². The van der Waals surface area contributed by atoms with Crippen molar-refractivity contribution in [3.63, 3.8) is 0 Å². The van der Waals surface area contributed by atoms with Gasteiger partial charge in [0, 0.05) is 18.7 Å². The molecule has 4 heteroatoms. The van der Waals surface area contributed by atoms with Gasteiger partial charge in [-0.05, 0) is 69.0 Å². The molecule has 1 saturated heterocycles. The summed E-state index contributed by atoms with van der Waals surface area (Å²) in [6.45, 7) is 8.48. The molecule has 1 aliphatic rings. The summed E-state index contributed by atoms with van der Waals surface area (Å²) in [7, 11) is 1.64. The fourth-order valence-corrected chi connectivity index (χ4v) is 3.12. The van der Waals surface area contributed by atoms with Gasteiger partial charge in [0.05, 0.1) is 7.11 Å². The molecule has 22 heavy (non-hydrogen) atoms. The molecular weight excluding hydrogens is 276 g/mol. The maximum absolute atomic E-state index is 12.1. The molecule has 0 aromatic heterocycles. The molecule has 0 radical (unpaired) electrons. The van der Waals surface area contributed by atoms with E-state index < -0.39 is 0 Å². The van der Waals surface area contributed by atoms with Crippen LogP contribution in [0.3, 0.4) is 0 Å². The minimum absolute atomic E-state index is 0.00207. The van der Waals surface area contributed by atoms with Gasteiger partial charge in [-0.3, -0.25) is 4.79 Å². The molecule has 0 bridgehead atoms. The Morgan fingerprint density at radius 2 is 2.27 bits per heavy atom. The van der Waals surface area contributed by atoms with Gasteiger partial charge in [-0.1, -0.05) is 6.92 Å². The monoisotopic (exact) mass is 304 g/mol. The summed E-state index contributed by atoms with van der Waals surface area (Å²) in [5.74, 6) is 1.62.